The van der Waals surface area contributed by atoms with Crippen molar-refractivity contribution in [2.24, 2.45) is 0 Å². The Hall–Kier alpha value is -2.96. The van der Waals surface area contributed by atoms with E-state index in [0.717, 1.165) is 42.9 Å². The number of halogens is 1. The Morgan fingerprint density at radius 1 is 1.36 bits per heavy atom. The Labute approximate surface area is 145 Å². The minimum atomic E-state index is -0.250. The first kappa shape index (κ1) is 18.4. The molecule has 6 nitrogen and oxygen atoms in total. The van der Waals surface area contributed by atoms with E-state index in [4.69, 9.17) is 15.6 Å². The summed E-state index contributed by atoms with van der Waals surface area (Å²) in [6, 6.07) is 6.67. The van der Waals surface area contributed by atoms with Crippen LogP contribution in [0, 0.1) is 5.82 Å². The zero-order chi connectivity index (χ0) is 18.2. The van der Waals surface area contributed by atoms with Crippen LogP contribution in [0.2, 0.25) is 0 Å². The summed E-state index contributed by atoms with van der Waals surface area (Å²) >= 11 is 0. The van der Waals surface area contributed by atoms with Crippen LogP contribution < -0.4 is 10.6 Å². The summed E-state index contributed by atoms with van der Waals surface area (Å²) in [6.45, 7) is 3.48. The van der Waals surface area contributed by atoms with Crippen molar-refractivity contribution in [2.45, 2.75) is 19.8 Å². The molecule has 0 unspecified atom stereocenters. The van der Waals surface area contributed by atoms with Gasteiger partial charge < -0.3 is 15.7 Å². The van der Waals surface area contributed by atoms with Crippen LogP contribution >= 0.6 is 0 Å². The zero-order valence-electron chi connectivity index (χ0n) is 14.0. The number of nitrogens with two attached hydrogens (primary N) is 1. The molecule has 25 heavy (non-hydrogen) atoms. The predicted octanol–water partition coefficient (Wildman–Crippen LogP) is 2.75. The van der Waals surface area contributed by atoms with Crippen LogP contribution in [0.3, 0.4) is 0 Å². The molecule has 0 bridgehead atoms. The molecule has 2 aromatic rings. The predicted molar refractivity (Wildman–Crippen MR) is 95.7 cm³/mol. The third-order valence-corrected chi connectivity index (χ3v) is 3.96. The van der Waals surface area contributed by atoms with Gasteiger partial charge in [-0.25, -0.2) is 9.37 Å². The van der Waals surface area contributed by atoms with Gasteiger partial charge >= 0.3 is 0 Å². The second-order valence-electron chi connectivity index (χ2n) is 5.47. The lowest BCUT2D eigenvalue weighted by Gasteiger charge is -2.29. The quantitative estimate of drug-likeness (QED) is 0.832. The van der Waals surface area contributed by atoms with Crippen LogP contribution in [0.25, 0.3) is 5.57 Å². The molecule has 2 heterocycles. The lowest BCUT2D eigenvalue weighted by Crippen LogP contribution is -2.30. The second kappa shape index (κ2) is 8.77. The minimum absolute atomic E-state index is 0.203. The van der Waals surface area contributed by atoms with E-state index in [2.05, 4.69) is 27.9 Å². The molecule has 1 aromatic carbocycles. The van der Waals surface area contributed by atoms with Crippen molar-refractivity contribution in [1.82, 2.24) is 9.97 Å². The summed E-state index contributed by atoms with van der Waals surface area (Å²) in [5.74, 6) is 1.02. The first-order chi connectivity index (χ1) is 12.1. The number of anilines is 2. The number of hydrogen-bond donors (Lipinski definition) is 2. The normalized spacial score (nSPS) is 13.5. The van der Waals surface area contributed by atoms with E-state index in [1.165, 1.54) is 17.7 Å². The SMILES string of the molecule is CCc1cnc(N)nc1N1CC=C(c2ccc(F)cc2)CC1.O=CO. The van der Waals surface area contributed by atoms with E-state index in [9.17, 15) is 4.39 Å². The van der Waals surface area contributed by atoms with Gasteiger partial charge in [0.25, 0.3) is 6.47 Å². The largest absolute Gasteiger partial charge is 0.483 e. The van der Waals surface area contributed by atoms with Gasteiger partial charge in [0.05, 0.1) is 0 Å². The maximum absolute atomic E-state index is 13.0. The van der Waals surface area contributed by atoms with E-state index < -0.39 is 0 Å². The van der Waals surface area contributed by atoms with Gasteiger partial charge in [-0.1, -0.05) is 25.1 Å². The number of hydrogen-bond acceptors (Lipinski definition) is 5. The number of nitrogens with zero attached hydrogens (tertiary/aromatic N) is 3. The van der Waals surface area contributed by atoms with Crippen molar-refractivity contribution < 1.29 is 14.3 Å². The summed E-state index contributed by atoms with van der Waals surface area (Å²) in [4.78, 5) is 19.0. The highest BCUT2D eigenvalue weighted by Crippen LogP contribution is 2.27. The Morgan fingerprint density at radius 2 is 2.04 bits per heavy atom. The third-order valence-electron chi connectivity index (χ3n) is 3.96. The van der Waals surface area contributed by atoms with Crippen LogP contribution in [0.1, 0.15) is 24.5 Å². The second-order valence-corrected chi connectivity index (χ2v) is 5.47. The molecule has 0 saturated heterocycles. The summed E-state index contributed by atoms with van der Waals surface area (Å²) < 4.78 is 13.0. The highest BCUT2D eigenvalue weighted by Gasteiger charge is 2.17. The van der Waals surface area contributed by atoms with Crippen molar-refractivity contribution in [1.29, 1.82) is 0 Å². The summed E-state index contributed by atoms with van der Waals surface area (Å²) in [6.07, 6.45) is 5.75. The van der Waals surface area contributed by atoms with E-state index in [-0.39, 0.29) is 12.3 Å². The van der Waals surface area contributed by atoms with Crippen LogP contribution in [0.4, 0.5) is 16.2 Å². The Morgan fingerprint density at radius 3 is 2.60 bits per heavy atom. The van der Waals surface area contributed by atoms with E-state index in [1.54, 1.807) is 6.20 Å². The van der Waals surface area contributed by atoms with Crippen molar-refractivity contribution in [3.63, 3.8) is 0 Å². The van der Waals surface area contributed by atoms with Crippen molar-refractivity contribution in [2.75, 3.05) is 23.7 Å². The van der Waals surface area contributed by atoms with E-state index in [1.807, 2.05) is 12.1 Å². The number of benzene rings is 1. The number of aryl methyl sites for hydroxylation is 1. The molecule has 3 N–H and O–H groups in total. The fourth-order valence-electron chi connectivity index (χ4n) is 2.72. The van der Waals surface area contributed by atoms with Gasteiger partial charge in [0.15, 0.2) is 0 Å². The molecule has 0 spiro atoms. The van der Waals surface area contributed by atoms with Gasteiger partial charge in [-0.05, 0) is 36.1 Å². The molecule has 0 amide bonds. The van der Waals surface area contributed by atoms with E-state index in [0.29, 0.717) is 5.95 Å². The van der Waals surface area contributed by atoms with Gasteiger partial charge in [-0.2, -0.15) is 4.98 Å². The minimum Gasteiger partial charge on any atom is -0.483 e. The molecular formula is C18H21FN4O2. The number of carboxylic acid groups (broad SMARTS) is 1. The Kier molecular flexibility index (Phi) is 6.45. The topological polar surface area (TPSA) is 92.3 Å². The summed E-state index contributed by atoms with van der Waals surface area (Å²) in [5.41, 5.74) is 9.16. The van der Waals surface area contributed by atoms with Gasteiger partial charge in [0.1, 0.15) is 11.6 Å². The van der Waals surface area contributed by atoms with Crippen molar-refractivity contribution in [3.05, 3.63) is 53.5 Å². The highest BCUT2D eigenvalue weighted by atomic mass is 19.1. The maximum Gasteiger partial charge on any atom is 0.290 e. The lowest BCUT2D eigenvalue weighted by molar-refractivity contribution is -0.122. The molecule has 0 saturated carbocycles. The molecule has 0 fully saturated rings. The first-order valence-electron chi connectivity index (χ1n) is 7.98. The van der Waals surface area contributed by atoms with Crippen LogP contribution in [0.15, 0.2) is 36.5 Å². The molecule has 1 aromatic heterocycles. The van der Waals surface area contributed by atoms with Gasteiger partial charge in [0, 0.05) is 24.8 Å². The fraction of sp³-hybridized carbons (Fsp3) is 0.278. The highest BCUT2D eigenvalue weighted by molar-refractivity contribution is 5.68. The number of rotatable bonds is 3. The third kappa shape index (κ3) is 4.76. The zero-order valence-corrected chi connectivity index (χ0v) is 14.0. The molecule has 0 aliphatic carbocycles. The first-order valence-corrected chi connectivity index (χ1v) is 7.98. The van der Waals surface area contributed by atoms with Crippen LogP contribution in [-0.2, 0) is 11.2 Å². The lowest BCUT2D eigenvalue weighted by atomic mass is 9.99. The van der Waals surface area contributed by atoms with Gasteiger partial charge in [-0.3, -0.25) is 4.79 Å². The Bertz CT molecular complexity index is 747. The maximum atomic E-state index is 13.0. The number of carbonyl (C=O) groups is 1. The smallest absolute Gasteiger partial charge is 0.290 e. The molecule has 1 aliphatic rings. The number of aromatic nitrogens is 2. The van der Waals surface area contributed by atoms with Crippen molar-refractivity contribution >= 4 is 23.8 Å². The molecule has 3 rings (SSSR count). The molecule has 0 radical (unpaired) electrons. The van der Waals surface area contributed by atoms with Crippen LogP contribution in [-0.4, -0.2) is 34.6 Å². The van der Waals surface area contributed by atoms with E-state index >= 15 is 0 Å². The Balaban J connectivity index is 0.000000701. The van der Waals surface area contributed by atoms with Crippen LogP contribution in [0.5, 0.6) is 0 Å². The molecule has 132 valence electrons. The average molecular weight is 344 g/mol. The van der Waals surface area contributed by atoms with Crippen molar-refractivity contribution in [3.8, 4) is 0 Å². The molecule has 1 aliphatic heterocycles. The molecule has 0 atom stereocenters. The fourth-order valence-corrected chi connectivity index (χ4v) is 2.72. The van der Waals surface area contributed by atoms with Gasteiger partial charge in [0.2, 0.25) is 5.95 Å². The number of nitrogen functional groups attached to an aromatic ring is 1. The summed E-state index contributed by atoms with van der Waals surface area (Å²) in [7, 11) is 0. The molecular weight excluding hydrogens is 323 g/mol. The average Bonchev–Trinajstić information content (AvgIpc) is 2.63. The standard InChI is InChI=1S/C17H19FN4.CH2O2/c1-2-12-11-20-17(19)21-16(12)22-9-7-14(8-10-22)13-3-5-15(18)6-4-13;2-1-3/h3-7,11H,2,8-10H2,1H3,(H2,19,20,21);1H,(H,2,3). The summed E-state index contributed by atoms with van der Waals surface area (Å²) in [5, 5.41) is 6.89. The van der Waals surface area contributed by atoms with Gasteiger partial charge in [-0.15, -0.1) is 0 Å². The monoisotopic (exact) mass is 344 g/mol. The molecule has 7 heteroatoms.